The van der Waals surface area contributed by atoms with Crippen LogP contribution in [0.1, 0.15) is 132 Å². The molecule has 25 nitrogen and oxygen atoms in total. The number of aliphatic hydroxyl groups is 1. The third-order valence-corrected chi connectivity index (χ3v) is 14.5. The molecule has 1 aromatic rings. The van der Waals surface area contributed by atoms with Gasteiger partial charge in [-0.15, -0.1) is 0 Å². The number of carboxylic acid groups (broad SMARTS) is 1. The highest BCUT2D eigenvalue weighted by molar-refractivity contribution is 5.99. The maximum Gasteiger partial charge on any atom is 0.326 e. The van der Waals surface area contributed by atoms with Crippen molar-refractivity contribution in [1.82, 2.24) is 46.6 Å². The molecule has 80 heavy (non-hydrogen) atoms. The number of likely N-dealkylation sites (tertiary alicyclic amines) is 3. The topological polar surface area (TPSA) is 383 Å². The number of amides is 9. The Balaban J connectivity index is 1.49. The first kappa shape index (κ1) is 65.6. The van der Waals surface area contributed by atoms with Gasteiger partial charge < -0.3 is 74.0 Å². The second kappa shape index (κ2) is 31.2. The average Bonchev–Trinajstić information content (AvgIpc) is 4.25. The molecule has 0 saturated carbocycles. The van der Waals surface area contributed by atoms with Crippen molar-refractivity contribution >= 4 is 65.1 Å². The third-order valence-electron chi connectivity index (χ3n) is 14.5. The van der Waals surface area contributed by atoms with Crippen molar-refractivity contribution in [2.75, 3.05) is 26.2 Å². The molecular formula is C55H89N13O12. The van der Waals surface area contributed by atoms with Crippen LogP contribution in [0, 0.1) is 17.8 Å². The molecule has 3 fully saturated rings. The van der Waals surface area contributed by atoms with Gasteiger partial charge in [0, 0.05) is 32.6 Å². The van der Waals surface area contributed by atoms with Crippen molar-refractivity contribution in [1.29, 1.82) is 0 Å². The Bertz CT molecular complexity index is 2350. The summed E-state index contributed by atoms with van der Waals surface area (Å²) in [6.07, 6.45) is 1.55. The number of carbonyl (C=O) groups excluding carboxylic acids is 9. The number of carboxylic acids is 1. The van der Waals surface area contributed by atoms with Gasteiger partial charge in [0.05, 0.1) is 12.1 Å². The largest absolute Gasteiger partial charge is 0.480 e. The summed E-state index contributed by atoms with van der Waals surface area (Å²) in [6.45, 7) is 14.6. The summed E-state index contributed by atoms with van der Waals surface area (Å²) in [6, 6.07) is -2.59. The van der Waals surface area contributed by atoms with Crippen LogP contribution in [0.25, 0.3) is 0 Å². The minimum atomic E-state index is -1.65. The number of aliphatic imine (C=N–C) groups is 1. The van der Waals surface area contributed by atoms with Crippen LogP contribution < -0.4 is 49.1 Å². The second-order valence-corrected chi connectivity index (χ2v) is 22.7. The van der Waals surface area contributed by atoms with Crippen LogP contribution in [0.3, 0.4) is 0 Å². The van der Waals surface area contributed by atoms with Gasteiger partial charge in [-0.3, -0.25) is 48.1 Å². The lowest BCUT2D eigenvalue weighted by atomic mass is 10.0. The number of hydrogen-bond donors (Lipinski definition) is 11. The summed E-state index contributed by atoms with van der Waals surface area (Å²) in [5.41, 5.74) is 18.0. The Morgan fingerprint density at radius 3 is 1.57 bits per heavy atom. The van der Waals surface area contributed by atoms with Crippen LogP contribution in [0.5, 0.6) is 0 Å². The third kappa shape index (κ3) is 19.4. The number of aliphatic carboxylic acids is 1. The fourth-order valence-corrected chi connectivity index (χ4v) is 10.5. The molecule has 0 radical (unpaired) electrons. The number of nitrogens with one attached hydrogen (secondary N) is 6. The van der Waals surface area contributed by atoms with Gasteiger partial charge in [-0.2, -0.15) is 0 Å². The normalized spacial score (nSPS) is 20.2. The van der Waals surface area contributed by atoms with Crippen LogP contribution in [-0.2, 0) is 54.4 Å². The van der Waals surface area contributed by atoms with E-state index >= 15 is 0 Å². The number of aliphatic hydroxyl groups excluding tert-OH is 1. The lowest BCUT2D eigenvalue weighted by molar-refractivity contribution is -0.149. The van der Waals surface area contributed by atoms with Gasteiger partial charge >= 0.3 is 5.97 Å². The van der Waals surface area contributed by atoms with E-state index in [9.17, 15) is 58.2 Å². The average molecular weight is 1120 g/mol. The summed E-state index contributed by atoms with van der Waals surface area (Å²) in [5, 5.41) is 36.8. The van der Waals surface area contributed by atoms with Crippen LogP contribution in [0.4, 0.5) is 0 Å². The Labute approximate surface area is 469 Å². The second-order valence-electron chi connectivity index (χ2n) is 22.7. The van der Waals surface area contributed by atoms with Gasteiger partial charge in [-0.05, 0) is 108 Å². The molecular weight excluding hydrogens is 1030 g/mol. The van der Waals surface area contributed by atoms with Crippen molar-refractivity contribution < 1.29 is 58.2 Å². The van der Waals surface area contributed by atoms with Gasteiger partial charge in [0.25, 0.3) is 0 Å². The highest BCUT2D eigenvalue weighted by Gasteiger charge is 2.43. The standard InChI is InChI=1S/C55H89N13O12/c1-30(2)26-36(56)52(77)67-24-14-20-42(67)49(74)63-39(29-35-16-10-9-11-17-35)46(71)60-33(7)51(76)66-23-13-19-41(66)48(73)62-38(27-31(3)4)47(72)61-37(18-12-22-59-55(57)58)45(70)65-44(34(8)69)50(75)64-40(28-32(5)6)53(78)68-25-15-21-43(68)54(79)80/h9-11,16-17,30-34,36-44,69H,12-15,18-29,56H2,1-8H3,(H,60,71)(H,61,72)(H,62,73)(H,63,74)(H,64,75)(H,65,70)(H,79,80)(H4,57,58,59)/t33-,34+,36-,37-,38-,39-,40-,41-,42-,43-,44-/m0/s1. The Kier molecular flexibility index (Phi) is 25.6. The zero-order valence-electron chi connectivity index (χ0n) is 47.8. The fraction of sp³-hybridized carbons (Fsp3) is 0.691. The molecule has 3 saturated heterocycles. The Morgan fingerprint density at radius 1 is 0.575 bits per heavy atom. The van der Waals surface area contributed by atoms with E-state index in [2.05, 4.69) is 36.9 Å². The van der Waals surface area contributed by atoms with E-state index in [0.717, 1.165) is 5.56 Å². The molecule has 1 aromatic carbocycles. The molecule has 3 heterocycles. The fourth-order valence-electron chi connectivity index (χ4n) is 10.5. The van der Waals surface area contributed by atoms with Gasteiger partial charge in [-0.25, -0.2) is 4.79 Å². The molecule has 0 aromatic heterocycles. The van der Waals surface area contributed by atoms with Gasteiger partial charge in [0.2, 0.25) is 53.2 Å². The van der Waals surface area contributed by atoms with E-state index in [-0.39, 0.29) is 94.2 Å². The molecule has 9 amide bonds. The number of carbonyl (C=O) groups is 10. The number of nitrogens with two attached hydrogens (primary N) is 3. The summed E-state index contributed by atoms with van der Waals surface area (Å²) in [7, 11) is 0. The van der Waals surface area contributed by atoms with Gasteiger partial charge in [-0.1, -0.05) is 71.9 Å². The maximum absolute atomic E-state index is 14.3. The molecule has 3 aliphatic heterocycles. The number of benzene rings is 1. The molecule has 25 heteroatoms. The highest BCUT2D eigenvalue weighted by Crippen LogP contribution is 2.24. The SMILES string of the molecule is CC(C)C[C@H](NC(=O)[C@@H]1CCCN1C(=O)[C@H](C)NC(=O)[C@H](Cc1ccccc1)NC(=O)[C@@H]1CCCN1C(=O)[C@@H](N)CC(C)C)C(=O)N[C@@H](CCCN=C(N)N)C(=O)N[C@H](C(=O)N[C@@H](CC(C)C)C(=O)N1CCC[C@H]1C(=O)O)[C@@H](C)O. The van der Waals surface area contributed by atoms with E-state index in [1.54, 1.807) is 24.3 Å². The van der Waals surface area contributed by atoms with Crippen LogP contribution in [0.15, 0.2) is 35.3 Å². The smallest absolute Gasteiger partial charge is 0.326 e. The van der Waals surface area contributed by atoms with Crippen molar-refractivity contribution in [3.63, 3.8) is 0 Å². The molecule has 0 spiro atoms. The number of guanidine groups is 1. The molecule has 446 valence electrons. The highest BCUT2D eigenvalue weighted by atomic mass is 16.4. The molecule has 14 N–H and O–H groups in total. The molecule has 0 aliphatic carbocycles. The summed E-state index contributed by atoms with van der Waals surface area (Å²) >= 11 is 0. The van der Waals surface area contributed by atoms with Gasteiger partial charge in [0.15, 0.2) is 5.96 Å². The molecule has 4 rings (SSSR count). The van der Waals surface area contributed by atoms with Crippen molar-refractivity contribution in [3.8, 4) is 0 Å². The minimum absolute atomic E-state index is 0.0453. The number of nitrogens with zero attached hydrogens (tertiary/aromatic N) is 4. The van der Waals surface area contributed by atoms with E-state index in [0.29, 0.717) is 38.6 Å². The zero-order chi connectivity index (χ0) is 59.5. The first-order chi connectivity index (χ1) is 37.7. The lowest BCUT2D eigenvalue weighted by Gasteiger charge is -2.31. The summed E-state index contributed by atoms with van der Waals surface area (Å²) in [5.74, 6) is -7.56. The summed E-state index contributed by atoms with van der Waals surface area (Å²) in [4.78, 5) is 146. The quantitative estimate of drug-likeness (QED) is 0.0264. The summed E-state index contributed by atoms with van der Waals surface area (Å²) < 4.78 is 0. The van der Waals surface area contributed by atoms with Crippen LogP contribution in [-0.4, -0.2) is 183 Å². The van der Waals surface area contributed by atoms with Crippen molar-refractivity contribution in [2.45, 2.75) is 199 Å². The molecule has 11 atom stereocenters. The Morgan fingerprint density at radius 2 is 1.05 bits per heavy atom. The lowest BCUT2D eigenvalue weighted by Crippen LogP contribution is -2.61. The predicted molar refractivity (Wildman–Crippen MR) is 297 cm³/mol. The van der Waals surface area contributed by atoms with E-state index in [1.807, 2.05) is 47.6 Å². The number of rotatable bonds is 29. The van der Waals surface area contributed by atoms with Gasteiger partial charge in [0.1, 0.15) is 54.4 Å². The van der Waals surface area contributed by atoms with Crippen LogP contribution in [0.2, 0.25) is 0 Å². The van der Waals surface area contributed by atoms with Crippen LogP contribution >= 0.6 is 0 Å². The molecule has 3 aliphatic rings. The monoisotopic (exact) mass is 1120 g/mol. The van der Waals surface area contributed by atoms with E-state index in [4.69, 9.17) is 17.2 Å². The first-order valence-electron chi connectivity index (χ1n) is 28.2. The molecule has 0 unspecified atom stereocenters. The molecule has 0 bridgehead atoms. The van der Waals surface area contributed by atoms with Crippen molar-refractivity contribution in [3.05, 3.63) is 35.9 Å². The number of hydrogen-bond acceptors (Lipinski definition) is 13. The maximum atomic E-state index is 14.3. The van der Waals surface area contributed by atoms with E-state index in [1.165, 1.54) is 28.5 Å². The zero-order valence-corrected chi connectivity index (χ0v) is 47.8. The van der Waals surface area contributed by atoms with Crippen molar-refractivity contribution in [2.24, 2.45) is 39.9 Å². The minimum Gasteiger partial charge on any atom is -0.480 e. The Hall–Kier alpha value is -6.89. The van der Waals surface area contributed by atoms with E-state index < -0.39 is 120 Å². The first-order valence-corrected chi connectivity index (χ1v) is 28.2. The predicted octanol–water partition coefficient (Wildman–Crippen LogP) is -0.885.